The average Bonchev–Trinajstić information content (AvgIpc) is 2.54. The zero-order valence-electron chi connectivity index (χ0n) is 14.1. The molecule has 25 heavy (non-hydrogen) atoms. The van der Waals surface area contributed by atoms with Crippen molar-refractivity contribution in [2.45, 2.75) is 36.8 Å². The minimum Gasteiger partial charge on any atom is -0.322 e. The van der Waals surface area contributed by atoms with Crippen molar-refractivity contribution >= 4 is 21.4 Å². The molecule has 1 amide bonds. The quantitative estimate of drug-likeness (QED) is 0.879. The molecule has 0 unspecified atom stereocenters. The molecule has 2 aromatic rings. The molecule has 0 spiro atoms. The lowest BCUT2D eigenvalue weighted by Crippen LogP contribution is -2.19. The molecule has 1 N–H and O–H groups in total. The summed E-state index contributed by atoms with van der Waals surface area (Å²) in [6.07, 6.45) is 0. The number of halogens is 2. The van der Waals surface area contributed by atoms with Gasteiger partial charge in [-0.15, -0.1) is 0 Å². The zero-order valence-corrected chi connectivity index (χ0v) is 14.9. The molecule has 0 bridgehead atoms. The molecule has 0 aliphatic rings. The molecule has 0 aliphatic carbocycles. The fourth-order valence-corrected chi connectivity index (χ4v) is 3.06. The van der Waals surface area contributed by atoms with E-state index in [9.17, 15) is 22.0 Å². The molecule has 2 aromatic carbocycles. The summed E-state index contributed by atoms with van der Waals surface area (Å²) in [7, 11) is -4.67. The Kier molecular flexibility index (Phi) is 5.27. The Morgan fingerprint density at radius 2 is 1.56 bits per heavy atom. The molecule has 0 atom stereocenters. The van der Waals surface area contributed by atoms with Gasteiger partial charge in [0, 0.05) is 11.3 Å². The van der Waals surface area contributed by atoms with Gasteiger partial charge in [-0.1, -0.05) is 39.0 Å². The van der Waals surface area contributed by atoms with Gasteiger partial charge in [-0.25, -0.2) is 8.42 Å². The molecule has 0 radical (unpaired) electrons. The first-order valence-electron chi connectivity index (χ1n) is 7.56. The first kappa shape index (κ1) is 19.1. The van der Waals surface area contributed by atoms with Crippen molar-refractivity contribution < 1.29 is 22.0 Å². The minimum atomic E-state index is -4.67. The number of anilines is 1. The Hall–Kier alpha value is -2.28. The zero-order chi connectivity index (χ0) is 18.8. The molecule has 134 valence electrons. The van der Waals surface area contributed by atoms with Crippen molar-refractivity contribution in [2.75, 3.05) is 5.32 Å². The monoisotopic (exact) mass is 367 g/mol. The summed E-state index contributed by atoms with van der Waals surface area (Å²) in [5.74, 6) is -3.94. The van der Waals surface area contributed by atoms with E-state index < -0.39 is 26.4 Å². The molecule has 4 nitrogen and oxygen atoms in total. The maximum absolute atomic E-state index is 12.5. The Bertz CT molecular complexity index is 870. The normalized spacial score (nSPS) is 12.2. The SMILES string of the molecule is CC(C)(C)c1ccccc1NC(=O)c1ccc(S(=O)(=O)C(F)F)cc1. The minimum absolute atomic E-state index is 0.178. The number of hydrogen-bond donors (Lipinski definition) is 1. The highest BCUT2D eigenvalue weighted by Gasteiger charge is 2.26. The van der Waals surface area contributed by atoms with Crippen LogP contribution in [0.15, 0.2) is 53.4 Å². The lowest BCUT2D eigenvalue weighted by atomic mass is 9.86. The van der Waals surface area contributed by atoms with E-state index in [1.807, 2.05) is 32.9 Å². The van der Waals surface area contributed by atoms with E-state index in [0.717, 1.165) is 17.7 Å². The van der Waals surface area contributed by atoms with Gasteiger partial charge in [-0.2, -0.15) is 8.78 Å². The number of benzene rings is 2. The summed E-state index contributed by atoms with van der Waals surface area (Å²) < 4.78 is 47.9. The van der Waals surface area contributed by atoms with Crippen LogP contribution in [0.25, 0.3) is 0 Å². The van der Waals surface area contributed by atoms with Crippen molar-refractivity contribution in [3.05, 3.63) is 59.7 Å². The second-order valence-electron chi connectivity index (χ2n) is 6.58. The number of rotatable bonds is 4. The van der Waals surface area contributed by atoms with Gasteiger partial charge < -0.3 is 5.32 Å². The predicted octanol–water partition coefficient (Wildman–Crippen LogP) is 4.23. The first-order valence-corrected chi connectivity index (χ1v) is 9.11. The lowest BCUT2D eigenvalue weighted by Gasteiger charge is -2.23. The van der Waals surface area contributed by atoms with E-state index in [-0.39, 0.29) is 11.0 Å². The molecule has 0 saturated carbocycles. The molecule has 0 saturated heterocycles. The summed E-state index contributed by atoms with van der Waals surface area (Å²) in [5, 5.41) is 2.78. The molecule has 0 aromatic heterocycles. The topological polar surface area (TPSA) is 63.2 Å². The molecule has 0 aliphatic heterocycles. The van der Waals surface area contributed by atoms with Gasteiger partial charge in [0.15, 0.2) is 0 Å². The van der Waals surface area contributed by atoms with Gasteiger partial charge >= 0.3 is 5.76 Å². The van der Waals surface area contributed by atoms with E-state index >= 15 is 0 Å². The van der Waals surface area contributed by atoms with Gasteiger partial charge in [0.25, 0.3) is 5.91 Å². The summed E-state index contributed by atoms with van der Waals surface area (Å²) in [6, 6.07) is 11.8. The van der Waals surface area contributed by atoms with Crippen LogP contribution in [-0.4, -0.2) is 20.1 Å². The van der Waals surface area contributed by atoms with Gasteiger partial charge in [-0.05, 0) is 41.3 Å². The maximum atomic E-state index is 12.5. The van der Waals surface area contributed by atoms with Crippen molar-refractivity contribution in [3.8, 4) is 0 Å². The number of nitrogens with one attached hydrogen (secondary N) is 1. The third-order valence-corrected chi connectivity index (χ3v) is 5.06. The van der Waals surface area contributed by atoms with E-state index in [4.69, 9.17) is 0 Å². The van der Waals surface area contributed by atoms with Gasteiger partial charge in [-0.3, -0.25) is 4.79 Å². The van der Waals surface area contributed by atoms with Crippen LogP contribution in [0.5, 0.6) is 0 Å². The molecule has 2 rings (SSSR count). The van der Waals surface area contributed by atoms with Gasteiger partial charge in [0.2, 0.25) is 9.84 Å². The number of alkyl halides is 2. The first-order chi connectivity index (χ1) is 11.5. The number of para-hydroxylation sites is 1. The second-order valence-corrected chi connectivity index (χ2v) is 8.50. The third-order valence-electron chi connectivity index (χ3n) is 3.66. The number of carbonyl (C=O) groups excluding carboxylic acids is 1. The predicted molar refractivity (Wildman–Crippen MR) is 92.7 cm³/mol. The third kappa shape index (κ3) is 4.22. The number of hydrogen-bond acceptors (Lipinski definition) is 3. The molecule has 0 heterocycles. The summed E-state index contributed by atoms with van der Waals surface area (Å²) in [6.45, 7) is 6.05. The second kappa shape index (κ2) is 6.92. The van der Waals surface area contributed by atoms with Crippen LogP contribution in [0.1, 0.15) is 36.7 Å². The Morgan fingerprint density at radius 1 is 1.00 bits per heavy atom. The standard InChI is InChI=1S/C18H19F2NO3S/c1-18(2,3)14-6-4-5-7-15(14)21-16(22)12-8-10-13(11-9-12)25(23,24)17(19)20/h4-11,17H,1-3H3,(H,21,22). The number of carbonyl (C=O) groups is 1. The van der Waals surface area contributed by atoms with Crippen LogP contribution in [0, 0.1) is 0 Å². The smallest absolute Gasteiger partial charge is 0.322 e. The molecular weight excluding hydrogens is 348 g/mol. The summed E-state index contributed by atoms with van der Waals surface area (Å²) >= 11 is 0. The molecular formula is C18H19F2NO3S. The maximum Gasteiger partial charge on any atom is 0.341 e. The van der Waals surface area contributed by atoms with Crippen LogP contribution in [0.4, 0.5) is 14.5 Å². The van der Waals surface area contributed by atoms with Crippen molar-refractivity contribution in [2.24, 2.45) is 0 Å². The van der Waals surface area contributed by atoms with Crippen LogP contribution in [-0.2, 0) is 15.3 Å². The highest BCUT2D eigenvalue weighted by molar-refractivity contribution is 7.91. The molecule has 0 fully saturated rings. The average molecular weight is 367 g/mol. The number of sulfone groups is 1. The number of amides is 1. The highest BCUT2D eigenvalue weighted by atomic mass is 32.2. The fourth-order valence-electron chi connectivity index (χ4n) is 2.34. The molecule has 7 heteroatoms. The van der Waals surface area contributed by atoms with Crippen LogP contribution < -0.4 is 5.32 Å². The lowest BCUT2D eigenvalue weighted by molar-refractivity contribution is 0.102. The van der Waals surface area contributed by atoms with Crippen LogP contribution in [0.3, 0.4) is 0 Å². The highest BCUT2D eigenvalue weighted by Crippen LogP contribution is 2.29. The van der Waals surface area contributed by atoms with Crippen molar-refractivity contribution in [1.29, 1.82) is 0 Å². The summed E-state index contributed by atoms with van der Waals surface area (Å²) in [4.78, 5) is 11.9. The van der Waals surface area contributed by atoms with Crippen LogP contribution in [0.2, 0.25) is 0 Å². The Labute approximate surface area is 145 Å². The Balaban J connectivity index is 2.26. The van der Waals surface area contributed by atoms with Crippen molar-refractivity contribution in [3.63, 3.8) is 0 Å². The summed E-state index contributed by atoms with van der Waals surface area (Å²) in [5.41, 5.74) is 1.58. The Morgan fingerprint density at radius 3 is 2.08 bits per heavy atom. The van der Waals surface area contributed by atoms with Gasteiger partial charge in [0.1, 0.15) is 0 Å². The van der Waals surface area contributed by atoms with E-state index in [1.165, 1.54) is 12.1 Å². The van der Waals surface area contributed by atoms with Crippen LogP contribution >= 0.6 is 0 Å². The fraction of sp³-hybridized carbons (Fsp3) is 0.278. The van der Waals surface area contributed by atoms with Crippen molar-refractivity contribution in [1.82, 2.24) is 0 Å². The van der Waals surface area contributed by atoms with E-state index in [1.54, 1.807) is 12.1 Å². The largest absolute Gasteiger partial charge is 0.341 e. The van der Waals surface area contributed by atoms with E-state index in [0.29, 0.717) is 5.69 Å². The van der Waals surface area contributed by atoms with E-state index in [2.05, 4.69) is 5.32 Å². The van der Waals surface area contributed by atoms with Gasteiger partial charge in [0.05, 0.1) is 4.90 Å².